The van der Waals surface area contributed by atoms with Crippen LogP contribution in [0.1, 0.15) is 19.0 Å². The molecule has 0 spiro atoms. The summed E-state index contributed by atoms with van der Waals surface area (Å²) in [4.78, 5) is 25.4. The molecule has 102 valence electrons. The topological polar surface area (TPSA) is 92.2 Å². The van der Waals surface area contributed by atoms with Crippen molar-refractivity contribution in [2.45, 2.75) is 25.4 Å². The first-order valence-corrected chi connectivity index (χ1v) is 6.95. The van der Waals surface area contributed by atoms with Gasteiger partial charge in [-0.3, -0.25) is 19.0 Å². The van der Waals surface area contributed by atoms with E-state index in [2.05, 4.69) is 20.5 Å². The van der Waals surface area contributed by atoms with E-state index in [-0.39, 0.29) is 17.2 Å². The summed E-state index contributed by atoms with van der Waals surface area (Å²) in [6.45, 7) is 4.47. The monoisotopic (exact) mass is 281 g/mol. The number of thioether (sulfide) groups is 1. The van der Waals surface area contributed by atoms with E-state index >= 15 is 0 Å². The number of hydrogen-bond acceptors (Lipinski definition) is 5. The van der Waals surface area contributed by atoms with Gasteiger partial charge in [0, 0.05) is 18.3 Å². The maximum Gasteiger partial charge on any atom is 0.252 e. The molecule has 0 saturated heterocycles. The Morgan fingerprint density at radius 2 is 2.32 bits per heavy atom. The number of nitrogens with zero attached hydrogens (tertiary/aromatic N) is 3. The highest BCUT2D eigenvalue weighted by atomic mass is 32.2. The third-order valence-electron chi connectivity index (χ3n) is 2.47. The number of H-pyrrole nitrogens is 1. The van der Waals surface area contributed by atoms with Gasteiger partial charge in [-0.15, -0.1) is 10.2 Å². The Labute approximate surface area is 113 Å². The Morgan fingerprint density at radius 3 is 3.05 bits per heavy atom. The largest absolute Gasteiger partial charge is 0.355 e. The van der Waals surface area contributed by atoms with Gasteiger partial charge in [0.25, 0.3) is 5.56 Å². The van der Waals surface area contributed by atoms with Crippen LogP contribution in [0.4, 0.5) is 0 Å². The highest BCUT2D eigenvalue weighted by molar-refractivity contribution is 7.99. The van der Waals surface area contributed by atoms with Crippen molar-refractivity contribution in [1.29, 1.82) is 0 Å². The van der Waals surface area contributed by atoms with Crippen LogP contribution in [0.2, 0.25) is 0 Å². The molecule has 0 aliphatic rings. The normalized spacial score (nSPS) is 10.8. The van der Waals surface area contributed by atoms with E-state index in [1.807, 2.05) is 6.92 Å². The molecule has 19 heavy (non-hydrogen) atoms. The van der Waals surface area contributed by atoms with Gasteiger partial charge in [0.1, 0.15) is 0 Å². The molecule has 0 bridgehead atoms. The van der Waals surface area contributed by atoms with Gasteiger partial charge in [-0.1, -0.05) is 18.7 Å². The van der Waals surface area contributed by atoms with Crippen molar-refractivity contribution in [3.63, 3.8) is 0 Å². The molecule has 0 aliphatic heterocycles. The third-order valence-corrected chi connectivity index (χ3v) is 3.39. The highest BCUT2D eigenvalue weighted by Crippen LogP contribution is 2.16. The molecular formula is C11H15N5O2S. The summed E-state index contributed by atoms with van der Waals surface area (Å²) in [5.74, 6) is 0.631. The van der Waals surface area contributed by atoms with Crippen molar-refractivity contribution in [3.8, 4) is 0 Å². The number of hydrogen-bond donors (Lipinski definition) is 2. The smallest absolute Gasteiger partial charge is 0.252 e. The van der Waals surface area contributed by atoms with Crippen molar-refractivity contribution in [2.75, 3.05) is 12.3 Å². The van der Waals surface area contributed by atoms with E-state index in [4.69, 9.17) is 0 Å². The lowest BCUT2D eigenvalue weighted by Crippen LogP contribution is -2.25. The fourth-order valence-corrected chi connectivity index (χ4v) is 2.43. The molecule has 2 N–H and O–H groups in total. The van der Waals surface area contributed by atoms with Crippen molar-refractivity contribution >= 4 is 23.4 Å². The summed E-state index contributed by atoms with van der Waals surface area (Å²) in [6.07, 6.45) is 0.907. The van der Waals surface area contributed by atoms with Crippen molar-refractivity contribution in [3.05, 3.63) is 22.1 Å². The lowest BCUT2D eigenvalue weighted by atomic mass is 10.4. The third kappa shape index (κ3) is 3.14. The number of carbonyl (C=O) groups excluding carboxylic acids is 1. The zero-order valence-corrected chi connectivity index (χ0v) is 11.6. The van der Waals surface area contributed by atoms with Gasteiger partial charge < -0.3 is 5.32 Å². The molecular weight excluding hydrogens is 266 g/mol. The molecule has 0 unspecified atom stereocenters. The van der Waals surface area contributed by atoms with Gasteiger partial charge in [-0.2, -0.15) is 0 Å². The fourth-order valence-electron chi connectivity index (χ4n) is 1.61. The van der Waals surface area contributed by atoms with Gasteiger partial charge in [-0.25, -0.2) is 0 Å². The number of aryl methyl sites for hydroxylation is 1. The second-order valence-corrected chi connectivity index (χ2v) is 5.00. The first kappa shape index (κ1) is 13.6. The quantitative estimate of drug-likeness (QED) is 0.771. The summed E-state index contributed by atoms with van der Waals surface area (Å²) in [5, 5.41) is 11.2. The highest BCUT2D eigenvalue weighted by Gasteiger charge is 2.11. The fraction of sp³-hybridized carbons (Fsp3) is 0.455. The van der Waals surface area contributed by atoms with E-state index in [0.717, 1.165) is 12.1 Å². The molecule has 0 aliphatic carbocycles. The molecule has 0 fully saturated rings. The first-order valence-electron chi connectivity index (χ1n) is 5.96. The summed E-state index contributed by atoms with van der Waals surface area (Å²) >= 11 is 1.29. The molecule has 0 saturated carbocycles. The average Bonchev–Trinajstić information content (AvgIpc) is 2.77. The van der Waals surface area contributed by atoms with E-state index in [1.54, 1.807) is 11.3 Å². The lowest BCUT2D eigenvalue weighted by molar-refractivity contribution is -0.118. The van der Waals surface area contributed by atoms with Crippen LogP contribution in [0.3, 0.4) is 0 Å². The van der Waals surface area contributed by atoms with Gasteiger partial charge in [-0.05, 0) is 13.3 Å². The van der Waals surface area contributed by atoms with Gasteiger partial charge in [0.2, 0.25) is 11.7 Å². The predicted octanol–water partition coefficient (Wildman–Crippen LogP) is 0.344. The molecule has 2 aromatic rings. The van der Waals surface area contributed by atoms with E-state index in [0.29, 0.717) is 17.5 Å². The zero-order valence-electron chi connectivity index (χ0n) is 10.8. The summed E-state index contributed by atoms with van der Waals surface area (Å²) < 4.78 is 1.72. The number of carbonyl (C=O) groups is 1. The second-order valence-electron chi connectivity index (χ2n) is 4.06. The van der Waals surface area contributed by atoms with Gasteiger partial charge in [0.05, 0.1) is 5.75 Å². The summed E-state index contributed by atoms with van der Waals surface area (Å²) in [5.41, 5.74) is 0.523. The second kappa shape index (κ2) is 5.87. The molecule has 0 radical (unpaired) electrons. The van der Waals surface area contributed by atoms with Gasteiger partial charge in [0.15, 0.2) is 5.16 Å². The Hall–Kier alpha value is -1.83. The first-order chi connectivity index (χ1) is 9.11. The van der Waals surface area contributed by atoms with E-state index < -0.39 is 0 Å². The predicted molar refractivity (Wildman–Crippen MR) is 72.4 cm³/mol. The number of aromatic amines is 1. The SMILES string of the molecule is CCCNC(=O)CSc1nnc2[nH]c(=O)cc(C)n12. The Kier molecular flexibility index (Phi) is 4.20. The van der Waals surface area contributed by atoms with Crippen LogP contribution in [-0.2, 0) is 4.79 Å². The Balaban J connectivity index is 2.13. The maximum atomic E-state index is 11.5. The molecule has 8 heteroatoms. The molecule has 2 rings (SSSR count). The minimum absolute atomic E-state index is 0.0364. The van der Waals surface area contributed by atoms with Crippen molar-refractivity contribution in [2.24, 2.45) is 0 Å². The van der Waals surface area contributed by atoms with Crippen LogP contribution in [0.5, 0.6) is 0 Å². The van der Waals surface area contributed by atoms with Crippen molar-refractivity contribution in [1.82, 2.24) is 24.9 Å². The Morgan fingerprint density at radius 1 is 1.53 bits per heavy atom. The standard InChI is InChI=1S/C11H15N5O2S/c1-3-4-12-9(18)6-19-11-15-14-10-13-8(17)5-7(2)16(10)11/h5H,3-4,6H2,1-2H3,(H,12,18)(H,13,14,17). The summed E-state index contributed by atoms with van der Waals surface area (Å²) in [7, 11) is 0. The molecule has 0 aromatic carbocycles. The molecule has 7 nitrogen and oxygen atoms in total. The molecule has 0 atom stereocenters. The van der Waals surface area contributed by atoms with Crippen LogP contribution in [0.25, 0.3) is 5.78 Å². The maximum absolute atomic E-state index is 11.5. The number of rotatable bonds is 5. The van der Waals surface area contributed by atoms with Crippen LogP contribution in [-0.4, -0.2) is 37.8 Å². The minimum Gasteiger partial charge on any atom is -0.355 e. The van der Waals surface area contributed by atoms with Crippen molar-refractivity contribution < 1.29 is 4.79 Å². The minimum atomic E-state index is -0.213. The molecule has 1 amide bonds. The van der Waals surface area contributed by atoms with Crippen LogP contribution in [0, 0.1) is 6.92 Å². The van der Waals surface area contributed by atoms with Crippen LogP contribution >= 0.6 is 11.8 Å². The van der Waals surface area contributed by atoms with E-state index in [1.165, 1.54) is 17.8 Å². The Bertz CT molecular complexity index is 648. The summed E-state index contributed by atoms with van der Waals surface area (Å²) in [6, 6.07) is 1.47. The van der Waals surface area contributed by atoms with E-state index in [9.17, 15) is 9.59 Å². The number of fused-ring (bicyclic) bond motifs is 1. The van der Waals surface area contributed by atoms with Gasteiger partial charge >= 0.3 is 0 Å². The lowest BCUT2D eigenvalue weighted by Gasteiger charge is -2.03. The molecule has 2 heterocycles. The average molecular weight is 281 g/mol. The number of nitrogens with one attached hydrogen (secondary N) is 2. The molecule has 2 aromatic heterocycles. The zero-order chi connectivity index (χ0) is 13.8. The number of amides is 1. The van der Waals surface area contributed by atoms with Crippen LogP contribution < -0.4 is 10.9 Å². The van der Waals surface area contributed by atoms with Crippen LogP contribution in [0.15, 0.2) is 16.0 Å². The number of aromatic nitrogens is 4.